The lowest BCUT2D eigenvalue weighted by Gasteiger charge is -2.10. The first kappa shape index (κ1) is 7.56. The van der Waals surface area contributed by atoms with E-state index in [0.29, 0.717) is 6.54 Å². The summed E-state index contributed by atoms with van der Waals surface area (Å²) in [5, 5.41) is 8.34. The van der Waals surface area contributed by atoms with Gasteiger partial charge in [-0.25, -0.2) is 0 Å². The molecule has 2 atom stereocenters. The molecule has 0 N–H and O–H groups in total. The second-order valence-electron chi connectivity index (χ2n) is 3.33. The van der Waals surface area contributed by atoms with Gasteiger partial charge >= 0.3 is 0 Å². The smallest absolute Gasteiger partial charge is 0.0863 e. The largest absolute Gasteiger partial charge is 0.293 e. The summed E-state index contributed by atoms with van der Waals surface area (Å²) in [6, 6.07) is 2.14. The fourth-order valence-electron chi connectivity index (χ4n) is 1.24. The van der Waals surface area contributed by atoms with E-state index in [1.807, 2.05) is 7.05 Å². The maximum Gasteiger partial charge on any atom is 0.0863 e. The summed E-state index contributed by atoms with van der Waals surface area (Å²) < 4.78 is 0. The molecule has 0 bridgehead atoms. The van der Waals surface area contributed by atoms with Gasteiger partial charge in [-0.15, -0.1) is 0 Å². The minimum absolute atomic E-state index is 0.573. The quantitative estimate of drug-likeness (QED) is 0.546. The van der Waals surface area contributed by atoms with E-state index in [0.717, 1.165) is 18.4 Å². The molecule has 0 amide bonds. The van der Waals surface area contributed by atoms with Gasteiger partial charge in [-0.05, 0) is 25.3 Å². The SMILES string of the molecule is CC1CC1CN(C)CC#N. The molecule has 0 aromatic rings. The average Bonchev–Trinajstić information content (AvgIpc) is 2.47. The number of hydrogen-bond acceptors (Lipinski definition) is 2. The predicted octanol–water partition coefficient (Wildman–Crippen LogP) is 1.10. The number of rotatable bonds is 3. The van der Waals surface area contributed by atoms with Crippen molar-refractivity contribution < 1.29 is 0 Å². The Labute approximate surface area is 62.4 Å². The van der Waals surface area contributed by atoms with Crippen LogP contribution in [0.15, 0.2) is 0 Å². The van der Waals surface area contributed by atoms with Gasteiger partial charge in [0.25, 0.3) is 0 Å². The van der Waals surface area contributed by atoms with E-state index >= 15 is 0 Å². The zero-order chi connectivity index (χ0) is 7.56. The van der Waals surface area contributed by atoms with Gasteiger partial charge in [-0.2, -0.15) is 5.26 Å². The third-order valence-corrected chi connectivity index (χ3v) is 2.16. The summed E-state index contributed by atoms with van der Waals surface area (Å²) in [5.74, 6) is 1.78. The highest BCUT2D eigenvalue weighted by molar-refractivity contribution is 4.86. The predicted molar refractivity (Wildman–Crippen MR) is 40.4 cm³/mol. The van der Waals surface area contributed by atoms with Crippen molar-refractivity contribution in [3.05, 3.63) is 0 Å². The molecule has 2 heteroatoms. The van der Waals surface area contributed by atoms with E-state index in [-0.39, 0.29) is 0 Å². The van der Waals surface area contributed by atoms with Crippen LogP contribution in [-0.4, -0.2) is 25.0 Å². The normalized spacial score (nSPS) is 30.2. The molecule has 0 radical (unpaired) electrons. The highest BCUT2D eigenvalue weighted by Gasteiger charge is 2.32. The van der Waals surface area contributed by atoms with Gasteiger partial charge in [0, 0.05) is 6.54 Å². The molecule has 0 saturated heterocycles. The van der Waals surface area contributed by atoms with Crippen molar-refractivity contribution in [1.29, 1.82) is 5.26 Å². The molecule has 0 aromatic carbocycles. The second-order valence-corrected chi connectivity index (χ2v) is 3.33. The van der Waals surface area contributed by atoms with Crippen molar-refractivity contribution in [3.8, 4) is 6.07 Å². The molecule has 1 rings (SSSR count). The van der Waals surface area contributed by atoms with Gasteiger partial charge in [0.05, 0.1) is 12.6 Å². The lowest BCUT2D eigenvalue weighted by molar-refractivity contribution is 0.350. The molecular weight excluding hydrogens is 124 g/mol. The lowest BCUT2D eigenvalue weighted by Crippen LogP contribution is -2.21. The number of nitrogens with zero attached hydrogens (tertiary/aromatic N) is 2. The molecule has 1 saturated carbocycles. The van der Waals surface area contributed by atoms with E-state index < -0.39 is 0 Å². The molecule has 0 aromatic heterocycles. The zero-order valence-electron chi connectivity index (χ0n) is 6.67. The van der Waals surface area contributed by atoms with Crippen LogP contribution in [-0.2, 0) is 0 Å². The minimum atomic E-state index is 0.573. The molecule has 0 heterocycles. The Morgan fingerprint density at radius 3 is 2.70 bits per heavy atom. The van der Waals surface area contributed by atoms with Crippen molar-refractivity contribution in [2.75, 3.05) is 20.1 Å². The lowest BCUT2D eigenvalue weighted by atomic mass is 10.3. The Kier molecular flexibility index (Phi) is 2.29. The van der Waals surface area contributed by atoms with Crippen LogP contribution in [0.3, 0.4) is 0 Å². The third-order valence-electron chi connectivity index (χ3n) is 2.16. The van der Waals surface area contributed by atoms with Crippen molar-refractivity contribution in [2.24, 2.45) is 11.8 Å². The van der Waals surface area contributed by atoms with Crippen LogP contribution in [0.25, 0.3) is 0 Å². The van der Waals surface area contributed by atoms with E-state index in [2.05, 4.69) is 17.9 Å². The summed E-state index contributed by atoms with van der Waals surface area (Å²) >= 11 is 0. The highest BCUT2D eigenvalue weighted by Crippen LogP contribution is 2.37. The van der Waals surface area contributed by atoms with Crippen LogP contribution in [0.2, 0.25) is 0 Å². The zero-order valence-corrected chi connectivity index (χ0v) is 6.67. The van der Waals surface area contributed by atoms with E-state index in [1.54, 1.807) is 0 Å². The molecule has 1 fully saturated rings. The van der Waals surface area contributed by atoms with Gasteiger partial charge < -0.3 is 0 Å². The van der Waals surface area contributed by atoms with Crippen molar-refractivity contribution >= 4 is 0 Å². The van der Waals surface area contributed by atoms with Gasteiger partial charge in [0.2, 0.25) is 0 Å². The molecule has 0 aliphatic heterocycles. The van der Waals surface area contributed by atoms with Crippen LogP contribution in [0.5, 0.6) is 0 Å². The van der Waals surface area contributed by atoms with Gasteiger partial charge in [0.1, 0.15) is 0 Å². The van der Waals surface area contributed by atoms with Crippen molar-refractivity contribution in [3.63, 3.8) is 0 Å². The number of nitriles is 1. The molecule has 2 nitrogen and oxygen atoms in total. The Balaban J connectivity index is 2.08. The first-order valence-corrected chi connectivity index (χ1v) is 3.79. The van der Waals surface area contributed by atoms with E-state index in [9.17, 15) is 0 Å². The molecule has 0 spiro atoms. The van der Waals surface area contributed by atoms with Gasteiger partial charge in [0.15, 0.2) is 0 Å². The third kappa shape index (κ3) is 2.00. The Hall–Kier alpha value is -0.550. The van der Waals surface area contributed by atoms with Gasteiger partial charge in [-0.1, -0.05) is 6.92 Å². The monoisotopic (exact) mass is 138 g/mol. The topological polar surface area (TPSA) is 27.0 Å². The van der Waals surface area contributed by atoms with Crippen LogP contribution >= 0.6 is 0 Å². The molecule has 10 heavy (non-hydrogen) atoms. The summed E-state index contributed by atoms with van der Waals surface area (Å²) in [4.78, 5) is 2.09. The van der Waals surface area contributed by atoms with Gasteiger partial charge in [-0.3, -0.25) is 4.90 Å². The summed E-state index contributed by atoms with van der Waals surface area (Å²) in [6.45, 7) is 3.95. The molecule has 1 aliphatic carbocycles. The standard InChI is InChI=1S/C8H14N2/c1-7-5-8(7)6-10(2)4-3-9/h7-8H,4-6H2,1-2H3. The van der Waals surface area contributed by atoms with E-state index in [4.69, 9.17) is 5.26 Å². The molecule has 1 aliphatic rings. The van der Waals surface area contributed by atoms with Crippen LogP contribution in [0, 0.1) is 23.2 Å². The van der Waals surface area contributed by atoms with E-state index in [1.165, 1.54) is 6.42 Å². The molecular formula is C8H14N2. The highest BCUT2D eigenvalue weighted by atomic mass is 15.1. The van der Waals surface area contributed by atoms with Crippen LogP contribution < -0.4 is 0 Å². The first-order valence-electron chi connectivity index (χ1n) is 3.79. The fourth-order valence-corrected chi connectivity index (χ4v) is 1.24. The molecule has 56 valence electrons. The first-order chi connectivity index (χ1) is 4.74. The summed E-state index contributed by atoms with van der Waals surface area (Å²) in [7, 11) is 2.01. The fraction of sp³-hybridized carbons (Fsp3) is 0.875. The minimum Gasteiger partial charge on any atom is -0.293 e. The van der Waals surface area contributed by atoms with Crippen molar-refractivity contribution in [2.45, 2.75) is 13.3 Å². The summed E-state index contributed by atoms with van der Waals surface area (Å²) in [5.41, 5.74) is 0. The second kappa shape index (κ2) is 3.03. The van der Waals surface area contributed by atoms with Crippen molar-refractivity contribution in [1.82, 2.24) is 4.90 Å². The Morgan fingerprint density at radius 2 is 2.30 bits per heavy atom. The van der Waals surface area contributed by atoms with Crippen LogP contribution in [0.1, 0.15) is 13.3 Å². The maximum atomic E-state index is 8.34. The van der Waals surface area contributed by atoms with Crippen LogP contribution in [0.4, 0.5) is 0 Å². The summed E-state index contributed by atoms with van der Waals surface area (Å²) in [6.07, 6.45) is 1.36. The molecule has 2 unspecified atom stereocenters. The maximum absolute atomic E-state index is 8.34. The Bertz CT molecular complexity index is 148. The Morgan fingerprint density at radius 1 is 1.70 bits per heavy atom. The average molecular weight is 138 g/mol. The number of hydrogen-bond donors (Lipinski definition) is 0.